The molecule has 26 heavy (non-hydrogen) atoms. The molecule has 3 rings (SSSR count). The van der Waals surface area contributed by atoms with Crippen molar-refractivity contribution in [3.05, 3.63) is 64.4 Å². The summed E-state index contributed by atoms with van der Waals surface area (Å²) in [7, 11) is -3.22. The van der Waals surface area contributed by atoms with Crippen LogP contribution in [-0.4, -0.2) is 26.7 Å². The lowest BCUT2D eigenvalue weighted by molar-refractivity contribution is -0.129. The van der Waals surface area contributed by atoms with Crippen LogP contribution in [-0.2, 0) is 14.8 Å². The monoisotopic (exact) mass is 439 g/mol. The van der Waals surface area contributed by atoms with Gasteiger partial charge in [0.05, 0.1) is 11.4 Å². The summed E-state index contributed by atoms with van der Waals surface area (Å²) >= 11 is 3.13. The first kappa shape index (κ1) is 18.6. The molecule has 136 valence electrons. The van der Waals surface area contributed by atoms with E-state index in [1.165, 1.54) is 28.6 Å². The minimum Gasteiger partial charge on any atom is -0.420 e. The average Bonchev–Trinajstić information content (AvgIpc) is 2.95. The number of halogens is 2. The van der Waals surface area contributed by atoms with Gasteiger partial charge in [0.2, 0.25) is 10.0 Å². The van der Waals surface area contributed by atoms with Crippen LogP contribution >= 0.6 is 15.9 Å². The van der Waals surface area contributed by atoms with E-state index in [0.717, 1.165) is 0 Å². The maximum absolute atomic E-state index is 13.6. The molecule has 0 spiro atoms. The molecule has 2 aromatic carbocycles. The summed E-state index contributed by atoms with van der Waals surface area (Å²) in [6.45, 7) is 0.475. The number of carbonyl (C=O) groups excluding carboxylic acids is 1. The summed E-state index contributed by atoms with van der Waals surface area (Å²) in [5.74, 6) is -1.35. The van der Waals surface area contributed by atoms with E-state index in [-0.39, 0.29) is 11.5 Å². The molecule has 2 aromatic rings. The molecule has 1 aliphatic rings. The third-order valence-corrected chi connectivity index (χ3v) is 6.16. The van der Waals surface area contributed by atoms with Crippen LogP contribution in [0.5, 0.6) is 5.75 Å². The molecule has 8 heteroatoms. The van der Waals surface area contributed by atoms with Gasteiger partial charge in [-0.1, -0.05) is 28.1 Å². The second kappa shape index (κ2) is 7.59. The van der Waals surface area contributed by atoms with Crippen molar-refractivity contribution >= 4 is 43.7 Å². The Morgan fingerprint density at radius 2 is 1.92 bits per heavy atom. The summed E-state index contributed by atoms with van der Waals surface area (Å²) in [6, 6.07) is 10.9. The van der Waals surface area contributed by atoms with Crippen molar-refractivity contribution in [1.82, 2.24) is 0 Å². The Morgan fingerprint density at radius 3 is 2.54 bits per heavy atom. The maximum Gasteiger partial charge on any atom is 0.336 e. The Labute approximate surface area is 159 Å². The van der Waals surface area contributed by atoms with Crippen molar-refractivity contribution < 1.29 is 22.3 Å². The predicted octanol–water partition coefficient (Wildman–Crippen LogP) is 3.75. The van der Waals surface area contributed by atoms with E-state index in [1.807, 2.05) is 0 Å². The molecule has 0 aromatic heterocycles. The number of esters is 1. The van der Waals surface area contributed by atoms with Crippen molar-refractivity contribution in [3.63, 3.8) is 0 Å². The van der Waals surface area contributed by atoms with Crippen LogP contribution in [0, 0.1) is 5.82 Å². The van der Waals surface area contributed by atoms with Crippen LogP contribution in [0.3, 0.4) is 0 Å². The van der Waals surface area contributed by atoms with Gasteiger partial charge in [-0.25, -0.2) is 17.6 Å². The zero-order valence-corrected chi connectivity index (χ0v) is 16.0. The first-order chi connectivity index (χ1) is 12.3. The molecular weight excluding hydrogens is 425 g/mol. The molecule has 0 unspecified atom stereocenters. The van der Waals surface area contributed by atoms with Crippen molar-refractivity contribution in [2.45, 2.75) is 6.42 Å². The predicted molar refractivity (Wildman–Crippen MR) is 101 cm³/mol. The molecule has 5 nitrogen and oxygen atoms in total. The van der Waals surface area contributed by atoms with Gasteiger partial charge in [0.25, 0.3) is 0 Å². The van der Waals surface area contributed by atoms with Crippen LogP contribution in [0.15, 0.2) is 53.0 Å². The Balaban J connectivity index is 1.66. The molecule has 0 atom stereocenters. The Bertz CT molecular complexity index is 958. The minimum atomic E-state index is -3.22. The highest BCUT2D eigenvalue weighted by atomic mass is 79.9. The largest absolute Gasteiger partial charge is 0.420 e. The van der Waals surface area contributed by atoms with E-state index >= 15 is 0 Å². The number of nitrogens with zero attached hydrogens (tertiary/aromatic N) is 1. The van der Waals surface area contributed by atoms with Crippen molar-refractivity contribution in [2.24, 2.45) is 0 Å². The fraction of sp³-hybridized carbons (Fsp3) is 0.167. The van der Waals surface area contributed by atoms with Gasteiger partial charge in [-0.3, -0.25) is 4.31 Å². The van der Waals surface area contributed by atoms with Crippen molar-refractivity contribution in [3.8, 4) is 5.75 Å². The molecule has 1 heterocycles. The molecular formula is C18H15BrFNO4S. The molecule has 0 aliphatic carbocycles. The topological polar surface area (TPSA) is 63.7 Å². The summed E-state index contributed by atoms with van der Waals surface area (Å²) in [5, 5.41) is 0. The Hall–Kier alpha value is -2.19. The Kier molecular flexibility index (Phi) is 5.43. The minimum absolute atomic E-state index is 0.155. The molecule has 0 radical (unpaired) electrons. The van der Waals surface area contributed by atoms with E-state index < -0.39 is 21.8 Å². The average molecular weight is 440 g/mol. The van der Waals surface area contributed by atoms with Crippen molar-refractivity contribution in [2.75, 3.05) is 16.6 Å². The fourth-order valence-corrected chi connectivity index (χ4v) is 4.44. The fourth-order valence-electron chi connectivity index (χ4n) is 2.55. The summed E-state index contributed by atoms with van der Waals surface area (Å²) in [6.07, 6.45) is 3.31. The van der Waals surface area contributed by atoms with Gasteiger partial charge >= 0.3 is 5.97 Å². The van der Waals surface area contributed by atoms with E-state index in [0.29, 0.717) is 28.7 Å². The van der Waals surface area contributed by atoms with Crippen LogP contribution < -0.4 is 9.04 Å². The molecule has 1 aliphatic heterocycles. The van der Waals surface area contributed by atoms with Crippen LogP contribution in [0.4, 0.5) is 10.1 Å². The van der Waals surface area contributed by atoms with E-state index in [2.05, 4.69) is 15.9 Å². The smallest absolute Gasteiger partial charge is 0.336 e. The first-order valence-electron chi connectivity index (χ1n) is 7.80. The van der Waals surface area contributed by atoms with Crippen LogP contribution in [0.1, 0.15) is 12.0 Å². The van der Waals surface area contributed by atoms with Gasteiger partial charge in [0.1, 0.15) is 0 Å². The summed E-state index contributed by atoms with van der Waals surface area (Å²) in [5.41, 5.74) is 1.29. The highest BCUT2D eigenvalue weighted by Crippen LogP contribution is 2.25. The second-order valence-corrected chi connectivity index (χ2v) is 8.59. The van der Waals surface area contributed by atoms with Gasteiger partial charge in [-0.15, -0.1) is 0 Å². The van der Waals surface area contributed by atoms with Gasteiger partial charge in [-0.2, -0.15) is 0 Å². The molecule has 1 saturated heterocycles. The summed E-state index contributed by atoms with van der Waals surface area (Å²) in [4.78, 5) is 11.8. The zero-order valence-electron chi connectivity index (χ0n) is 13.6. The quantitative estimate of drug-likeness (QED) is 0.413. The van der Waals surface area contributed by atoms with E-state index in [4.69, 9.17) is 4.74 Å². The van der Waals surface area contributed by atoms with Gasteiger partial charge in [0.15, 0.2) is 11.6 Å². The standard InChI is InChI=1S/C18H15BrFNO4S/c19-14-5-8-17(16(20)12-14)25-18(22)9-4-13-2-6-15(7-3-13)21-10-1-11-26(21,23)24/h2-9,12H,1,10-11H2/b9-4+. The third kappa shape index (κ3) is 4.31. The van der Waals surface area contributed by atoms with Gasteiger partial charge in [0, 0.05) is 17.1 Å². The lowest BCUT2D eigenvalue weighted by Gasteiger charge is -2.16. The first-order valence-corrected chi connectivity index (χ1v) is 10.2. The van der Waals surface area contributed by atoms with Crippen molar-refractivity contribution in [1.29, 1.82) is 0 Å². The van der Waals surface area contributed by atoms with Crippen LogP contribution in [0.25, 0.3) is 6.08 Å². The molecule has 0 bridgehead atoms. The number of benzene rings is 2. The number of hydrogen-bond acceptors (Lipinski definition) is 4. The van der Waals surface area contributed by atoms with E-state index in [1.54, 1.807) is 30.3 Å². The highest BCUT2D eigenvalue weighted by molar-refractivity contribution is 9.10. The number of anilines is 1. The molecule has 0 saturated carbocycles. The number of ether oxygens (including phenoxy) is 1. The highest BCUT2D eigenvalue weighted by Gasteiger charge is 2.28. The molecule has 0 amide bonds. The van der Waals surface area contributed by atoms with Gasteiger partial charge < -0.3 is 4.74 Å². The number of hydrogen-bond donors (Lipinski definition) is 0. The number of rotatable bonds is 4. The number of carbonyl (C=O) groups is 1. The number of sulfonamides is 1. The SMILES string of the molecule is O=C(/C=C/c1ccc(N2CCCS2(=O)=O)cc1)Oc1ccc(Br)cc1F. The Morgan fingerprint density at radius 1 is 1.19 bits per heavy atom. The van der Waals surface area contributed by atoms with E-state index in [9.17, 15) is 17.6 Å². The molecule has 1 fully saturated rings. The van der Waals surface area contributed by atoms with Gasteiger partial charge in [-0.05, 0) is 48.4 Å². The lowest BCUT2D eigenvalue weighted by atomic mass is 10.2. The zero-order chi connectivity index (χ0) is 18.7. The second-order valence-electron chi connectivity index (χ2n) is 5.66. The normalized spacial score (nSPS) is 16.2. The third-order valence-electron chi connectivity index (χ3n) is 3.80. The maximum atomic E-state index is 13.6. The lowest BCUT2D eigenvalue weighted by Crippen LogP contribution is -2.24. The molecule has 0 N–H and O–H groups in total. The summed E-state index contributed by atoms with van der Waals surface area (Å²) < 4.78 is 44.3. The van der Waals surface area contributed by atoms with Crippen LogP contribution in [0.2, 0.25) is 0 Å².